The fourth-order valence-electron chi connectivity index (χ4n) is 5.16. The summed E-state index contributed by atoms with van der Waals surface area (Å²) < 4.78 is 161. The summed E-state index contributed by atoms with van der Waals surface area (Å²) in [5.74, 6) is -0.149. The number of furan rings is 1. The third-order valence-electron chi connectivity index (χ3n) is 7.40. The van der Waals surface area contributed by atoms with Gasteiger partial charge in [-0.2, -0.15) is 0 Å². The van der Waals surface area contributed by atoms with Gasteiger partial charge in [0.15, 0.2) is 17.5 Å². The maximum Gasteiger partial charge on any atom is 0.164 e. The summed E-state index contributed by atoms with van der Waals surface area (Å²) in [5.41, 5.74) is -0.992. The molecule has 2 aromatic heterocycles. The molecule has 0 aliphatic rings. The zero-order valence-corrected chi connectivity index (χ0v) is 23.9. The van der Waals surface area contributed by atoms with Crippen LogP contribution in [0.1, 0.15) is 24.7 Å². The lowest BCUT2D eigenvalue weighted by Crippen LogP contribution is -2.00. The first-order valence-electron chi connectivity index (χ1n) is 23.2. The summed E-state index contributed by atoms with van der Waals surface area (Å²) >= 11 is 0. The van der Waals surface area contributed by atoms with Gasteiger partial charge in [-0.1, -0.05) is 139 Å². The van der Waals surface area contributed by atoms with Crippen LogP contribution >= 0.6 is 0 Å². The molecule has 4 nitrogen and oxygen atoms in total. The van der Waals surface area contributed by atoms with Crippen LogP contribution in [0.4, 0.5) is 0 Å². The van der Waals surface area contributed by atoms with Crippen LogP contribution in [0.2, 0.25) is 0 Å². The van der Waals surface area contributed by atoms with Gasteiger partial charge in [-0.15, -0.1) is 0 Å². The lowest BCUT2D eigenvalue weighted by atomic mass is 10.00. The number of hydrogen-bond acceptors (Lipinski definition) is 4. The monoisotopic (exact) mass is 619 g/mol. The van der Waals surface area contributed by atoms with Crippen molar-refractivity contribution in [3.05, 3.63) is 163 Å². The maximum atomic E-state index is 9.21. The molecular weight excluding hydrogens is 574 g/mol. The zero-order valence-electron chi connectivity index (χ0n) is 41.9. The highest BCUT2D eigenvalue weighted by molar-refractivity contribution is 6.12. The molecule has 47 heavy (non-hydrogen) atoms. The number of nitrogens with zero attached hydrogens (tertiary/aromatic N) is 3. The van der Waals surface area contributed by atoms with Gasteiger partial charge in [0.25, 0.3) is 0 Å². The molecule has 9 rings (SSSR count). The fraction of sp³-hybridized carbons (Fsp3) is 0. The molecule has 0 bridgehead atoms. The van der Waals surface area contributed by atoms with E-state index in [-0.39, 0.29) is 67.3 Å². The van der Waals surface area contributed by atoms with Crippen LogP contribution in [-0.4, -0.2) is 15.0 Å². The second-order valence-electron chi connectivity index (χ2n) is 10.3. The fourth-order valence-corrected chi connectivity index (χ4v) is 5.16. The van der Waals surface area contributed by atoms with Crippen LogP contribution in [0.25, 0.3) is 89.1 Å². The van der Waals surface area contributed by atoms with Gasteiger partial charge in [0.2, 0.25) is 0 Å². The summed E-state index contributed by atoms with van der Waals surface area (Å²) in [7, 11) is 0. The van der Waals surface area contributed by atoms with Gasteiger partial charge in [-0.3, -0.25) is 0 Å². The largest absolute Gasteiger partial charge is 0.456 e. The Morgan fingerprint density at radius 2 is 1.09 bits per heavy atom. The Balaban J connectivity index is 1.29. The highest BCUT2D eigenvalue weighted by atomic mass is 16.3. The second kappa shape index (κ2) is 11.2. The van der Waals surface area contributed by atoms with E-state index in [9.17, 15) is 4.11 Å². The Bertz CT molecular complexity index is 3550. The molecule has 0 aliphatic heterocycles. The molecule has 0 radical (unpaired) electrons. The molecule has 4 heteroatoms. The van der Waals surface area contributed by atoms with Crippen molar-refractivity contribution in [2.24, 2.45) is 0 Å². The van der Waals surface area contributed by atoms with Crippen LogP contribution < -0.4 is 0 Å². The van der Waals surface area contributed by atoms with E-state index in [1.165, 1.54) is 12.1 Å². The Labute approximate surface area is 297 Å². The molecule has 0 fully saturated rings. The van der Waals surface area contributed by atoms with E-state index < -0.39 is 119 Å². The number of hydrogen-bond donors (Lipinski definition) is 0. The van der Waals surface area contributed by atoms with Crippen molar-refractivity contribution in [1.29, 1.82) is 0 Å². The van der Waals surface area contributed by atoms with Crippen LogP contribution in [0, 0.1) is 0 Å². The predicted octanol–water partition coefficient (Wildman–Crippen LogP) is 11.3. The van der Waals surface area contributed by atoms with Crippen molar-refractivity contribution in [3.8, 4) is 56.4 Å². The Morgan fingerprint density at radius 3 is 1.89 bits per heavy atom. The van der Waals surface area contributed by atoms with Crippen LogP contribution in [0.3, 0.4) is 0 Å². The van der Waals surface area contributed by atoms with Gasteiger partial charge < -0.3 is 4.42 Å². The standard InChI is InChI=1S/C43H27N3O/c1-3-10-28(11-4-1)35-24-25-36-39(27-35)47-38-17-9-16-37(40(36)38)43-45-41(31-13-5-2-6-14-31)44-42(46-43)32-21-18-30(19-22-32)34-23-20-29-12-7-8-15-33(29)26-34/h1-27H/i1D,3D,4D,7D,8D,9D,10D,11D,12D,15D,16D,17D,20D,23D,24D,25D,26D,27D. The molecule has 0 aliphatic carbocycles. The molecule has 0 unspecified atom stereocenters. The molecule has 0 spiro atoms. The molecule has 2 heterocycles. The van der Waals surface area contributed by atoms with E-state index in [4.69, 9.17) is 34.9 Å². The van der Waals surface area contributed by atoms with Crippen molar-refractivity contribution in [2.75, 3.05) is 0 Å². The summed E-state index contributed by atoms with van der Waals surface area (Å²) in [5, 5.41) is -0.866. The molecule has 9 aromatic rings. The quantitative estimate of drug-likeness (QED) is 0.192. The van der Waals surface area contributed by atoms with E-state index in [0.29, 0.717) is 11.1 Å². The highest BCUT2D eigenvalue weighted by Crippen LogP contribution is 2.38. The number of rotatable bonds is 5. The first-order chi connectivity index (χ1) is 30.8. The minimum Gasteiger partial charge on any atom is -0.456 e. The molecule has 0 saturated heterocycles. The summed E-state index contributed by atoms with van der Waals surface area (Å²) in [4.78, 5) is 14.1. The number of benzene rings is 7. The average molecular weight is 620 g/mol. The van der Waals surface area contributed by atoms with Crippen molar-refractivity contribution < 1.29 is 29.1 Å². The summed E-state index contributed by atoms with van der Waals surface area (Å²) in [6.45, 7) is 0. The van der Waals surface area contributed by atoms with E-state index in [1.54, 1.807) is 42.5 Å². The van der Waals surface area contributed by atoms with Gasteiger partial charge in [-0.05, 0) is 57.2 Å². The lowest BCUT2D eigenvalue weighted by Gasteiger charge is -2.10. The van der Waals surface area contributed by atoms with Crippen molar-refractivity contribution in [3.63, 3.8) is 0 Å². The van der Waals surface area contributed by atoms with Gasteiger partial charge in [0.05, 0.1) is 24.7 Å². The van der Waals surface area contributed by atoms with E-state index >= 15 is 0 Å². The van der Waals surface area contributed by atoms with Gasteiger partial charge >= 0.3 is 0 Å². The van der Waals surface area contributed by atoms with Crippen molar-refractivity contribution in [2.45, 2.75) is 0 Å². The molecule has 0 amide bonds. The first-order valence-corrected chi connectivity index (χ1v) is 14.2. The van der Waals surface area contributed by atoms with E-state index in [0.717, 1.165) is 0 Å². The van der Waals surface area contributed by atoms with E-state index in [2.05, 4.69) is 4.98 Å². The van der Waals surface area contributed by atoms with Crippen molar-refractivity contribution >= 4 is 32.7 Å². The number of aromatic nitrogens is 3. The van der Waals surface area contributed by atoms with E-state index in [1.807, 2.05) is 0 Å². The second-order valence-corrected chi connectivity index (χ2v) is 10.3. The Morgan fingerprint density at radius 1 is 0.426 bits per heavy atom. The van der Waals surface area contributed by atoms with Gasteiger partial charge in [0.1, 0.15) is 11.2 Å². The van der Waals surface area contributed by atoms with Gasteiger partial charge in [-0.25, -0.2) is 15.0 Å². The average Bonchev–Trinajstić information content (AvgIpc) is 3.71. The van der Waals surface area contributed by atoms with Gasteiger partial charge in [0, 0.05) is 27.5 Å². The number of fused-ring (bicyclic) bond motifs is 4. The first kappa shape index (κ1) is 14.4. The highest BCUT2D eigenvalue weighted by Gasteiger charge is 2.18. The molecule has 7 aromatic carbocycles. The molecular formula is C43H27N3O. The third kappa shape index (κ3) is 4.93. The molecule has 0 atom stereocenters. The minimum atomic E-state index is -0.727. The molecule has 0 N–H and O–H groups in total. The SMILES string of the molecule is [2H]c1c([2H])c([2H])c(-c2c([2H])c([2H])c3c(oc4c([2H])c([2H])c([2H])c(-c5nc(-c6ccccc6)nc(-c6ccc(-c7c([2H])c([2H])c8c([2H])c([2H])c([2H])c([2H])c8c7[2H])cc6)n5)c43)c2[2H])c([2H])c1[2H]. The van der Waals surface area contributed by atoms with Crippen LogP contribution in [0.15, 0.2) is 168 Å². The zero-order chi connectivity index (χ0) is 46.8. The third-order valence-corrected chi connectivity index (χ3v) is 7.40. The molecule has 0 saturated carbocycles. The smallest absolute Gasteiger partial charge is 0.164 e. The summed E-state index contributed by atoms with van der Waals surface area (Å²) in [6, 6.07) is 3.87. The topological polar surface area (TPSA) is 51.8 Å². The molecule has 220 valence electrons. The minimum absolute atomic E-state index is 0.00478. The summed E-state index contributed by atoms with van der Waals surface area (Å²) in [6.07, 6.45) is 0. The Hall–Kier alpha value is -6.39. The maximum absolute atomic E-state index is 9.21. The predicted molar refractivity (Wildman–Crippen MR) is 192 cm³/mol. The van der Waals surface area contributed by atoms with Crippen LogP contribution in [0.5, 0.6) is 0 Å². The van der Waals surface area contributed by atoms with Crippen LogP contribution in [-0.2, 0) is 0 Å². The van der Waals surface area contributed by atoms with Crippen molar-refractivity contribution in [1.82, 2.24) is 15.0 Å². The Kier molecular flexibility index (Phi) is 3.42. The lowest BCUT2D eigenvalue weighted by molar-refractivity contribution is 0.669. The normalized spacial score (nSPS) is 16.8.